The minimum atomic E-state index is 0.564. The first kappa shape index (κ1) is 36.0. The average molecular weight is 818 g/mol. The van der Waals surface area contributed by atoms with Crippen LogP contribution in [0.1, 0.15) is 0 Å². The summed E-state index contributed by atoms with van der Waals surface area (Å²) in [5, 5.41) is 8.79. The molecule has 5 nitrogen and oxygen atoms in total. The Hall–Kier alpha value is -8.67. The van der Waals surface area contributed by atoms with Crippen molar-refractivity contribution in [1.29, 1.82) is 0 Å². The fourth-order valence-electron chi connectivity index (χ4n) is 9.58. The molecular formula is C59H35N3O2. The molecular weight excluding hydrogens is 783 g/mol. The first-order valence-electron chi connectivity index (χ1n) is 21.5. The van der Waals surface area contributed by atoms with Gasteiger partial charge in [-0.05, 0) is 91.8 Å². The molecule has 3 heterocycles. The van der Waals surface area contributed by atoms with Crippen LogP contribution < -0.4 is 0 Å². The number of hydrogen-bond donors (Lipinski definition) is 0. The van der Waals surface area contributed by atoms with Gasteiger partial charge in [0.05, 0.1) is 0 Å². The molecule has 0 amide bonds. The van der Waals surface area contributed by atoms with Gasteiger partial charge < -0.3 is 8.83 Å². The van der Waals surface area contributed by atoms with E-state index < -0.39 is 0 Å². The molecule has 10 aromatic carbocycles. The van der Waals surface area contributed by atoms with Crippen LogP contribution in [0.3, 0.4) is 0 Å². The number of benzene rings is 10. The quantitative estimate of drug-likeness (QED) is 0.167. The summed E-state index contributed by atoms with van der Waals surface area (Å²) in [5.41, 5.74) is 12.3. The Morgan fingerprint density at radius 3 is 1.52 bits per heavy atom. The summed E-state index contributed by atoms with van der Waals surface area (Å²) in [5.74, 6) is 1.71. The number of rotatable bonds is 6. The van der Waals surface area contributed by atoms with Gasteiger partial charge in [0.2, 0.25) is 0 Å². The van der Waals surface area contributed by atoms with E-state index in [4.69, 9.17) is 23.8 Å². The molecule has 0 saturated heterocycles. The van der Waals surface area contributed by atoms with E-state index in [1.165, 1.54) is 5.39 Å². The third-order valence-electron chi connectivity index (χ3n) is 12.5. The summed E-state index contributed by atoms with van der Waals surface area (Å²) < 4.78 is 13.1. The van der Waals surface area contributed by atoms with Crippen LogP contribution in [0.4, 0.5) is 0 Å². The first-order chi connectivity index (χ1) is 31.7. The summed E-state index contributed by atoms with van der Waals surface area (Å²) >= 11 is 0. The van der Waals surface area contributed by atoms with Crippen molar-refractivity contribution in [3.8, 4) is 67.5 Å². The van der Waals surface area contributed by atoms with Crippen molar-refractivity contribution in [3.63, 3.8) is 0 Å². The lowest BCUT2D eigenvalue weighted by molar-refractivity contribution is 0.669. The van der Waals surface area contributed by atoms with Gasteiger partial charge in [0.25, 0.3) is 0 Å². The van der Waals surface area contributed by atoms with Crippen molar-refractivity contribution in [2.24, 2.45) is 0 Å². The lowest BCUT2D eigenvalue weighted by Gasteiger charge is -2.19. The van der Waals surface area contributed by atoms with Crippen molar-refractivity contribution in [1.82, 2.24) is 15.0 Å². The van der Waals surface area contributed by atoms with Gasteiger partial charge in [-0.3, -0.25) is 0 Å². The molecule has 0 spiro atoms. The van der Waals surface area contributed by atoms with Crippen molar-refractivity contribution in [3.05, 3.63) is 212 Å². The van der Waals surface area contributed by atoms with Gasteiger partial charge in [0.15, 0.2) is 17.5 Å². The van der Waals surface area contributed by atoms with E-state index in [1.54, 1.807) is 0 Å². The Morgan fingerprint density at radius 1 is 0.266 bits per heavy atom. The fourth-order valence-corrected chi connectivity index (χ4v) is 9.58. The Morgan fingerprint density at radius 2 is 0.797 bits per heavy atom. The standard InChI is InChI=1S/C59H35N3O2/c1-4-15-36(16-5-1)42-34-46(41-29-30-49-47(33-41)54-43-23-12-10-17-37(43)27-31-51(54)63-49)53(39-19-6-2-7-20-39)48(35-42)59-61-57(40-21-8-3-9-22-40)60-58(62-59)45-25-14-26-50-56(45)55-44-24-13-11-18-38(44)28-32-52(55)64-50/h1-35H. The number of fused-ring (bicyclic) bond motifs is 10. The van der Waals surface area contributed by atoms with Crippen LogP contribution in [0.25, 0.3) is 133 Å². The van der Waals surface area contributed by atoms with Crippen LogP contribution >= 0.6 is 0 Å². The largest absolute Gasteiger partial charge is 0.456 e. The summed E-state index contributed by atoms with van der Waals surface area (Å²) in [6, 6.07) is 74.0. The minimum Gasteiger partial charge on any atom is -0.456 e. The number of furan rings is 2. The Labute approximate surface area is 367 Å². The SMILES string of the molecule is c1ccc(-c2cc(-c3ccc4oc5ccc6ccccc6c5c4c3)c(-c3ccccc3)c(-c3nc(-c4ccccc4)nc(-c4cccc5oc6ccc7ccccc7c6c45)n3)c2)cc1. The summed E-state index contributed by atoms with van der Waals surface area (Å²) in [6.45, 7) is 0. The van der Waals surface area contributed by atoms with Gasteiger partial charge in [0.1, 0.15) is 22.3 Å². The lowest BCUT2D eigenvalue weighted by Crippen LogP contribution is -2.02. The molecule has 0 fully saturated rings. The molecule has 3 aromatic heterocycles. The molecule has 0 bridgehead atoms. The maximum atomic E-state index is 6.56. The van der Waals surface area contributed by atoms with Crippen LogP contribution in [-0.2, 0) is 0 Å². The molecule has 298 valence electrons. The topological polar surface area (TPSA) is 65.0 Å². The maximum Gasteiger partial charge on any atom is 0.164 e. The predicted molar refractivity (Wildman–Crippen MR) is 262 cm³/mol. The number of nitrogens with zero attached hydrogens (tertiary/aromatic N) is 3. The highest BCUT2D eigenvalue weighted by Gasteiger charge is 2.24. The number of hydrogen-bond acceptors (Lipinski definition) is 5. The van der Waals surface area contributed by atoms with Gasteiger partial charge >= 0.3 is 0 Å². The third kappa shape index (κ3) is 5.83. The molecule has 13 aromatic rings. The molecule has 0 aliphatic rings. The molecule has 13 rings (SSSR count). The Kier molecular flexibility index (Phi) is 8.15. The molecule has 0 aliphatic heterocycles. The van der Waals surface area contributed by atoms with Crippen LogP contribution in [0.15, 0.2) is 221 Å². The first-order valence-corrected chi connectivity index (χ1v) is 21.5. The van der Waals surface area contributed by atoms with Crippen molar-refractivity contribution < 1.29 is 8.83 Å². The van der Waals surface area contributed by atoms with E-state index >= 15 is 0 Å². The highest BCUT2D eigenvalue weighted by Crippen LogP contribution is 2.46. The summed E-state index contributed by atoms with van der Waals surface area (Å²) in [7, 11) is 0. The molecule has 64 heavy (non-hydrogen) atoms. The highest BCUT2D eigenvalue weighted by atomic mass is 16.3. The van der Waals surface area contributed by atoms with Gasteiger partial charge in [-0.1, -0.05) is 170 Å². The summed E-state index contributed by atoms with van der Waals surface area (Å²) in [6.07, 6.45) is 0. The minimum absolute atomic E-state index is 0.564. The molecule has 5 heteroatoms. The zero-order valence-electron chi connectivity index (χ0n) is 34.4. The van der Waals surface area contributed by atoms with E-state index in [9.17, 15) is 0 Å². The van der Waals surface area contributed by atoms with Crippen molar-refractivity contribution >= 4 is 65.4 Å². The van der Waals surface area contributed by atoms with Crippen LogP contribution in [0, 0.1) is 0 Å². The van der Waals surface area contributed by atoms with E-state index in [0.717, 1.165) is 110 Å². The number of aromatic nitrogens is 3. The smallest absolute Gasteiger partial charge is 0.164 e. The lowest BCUT2D eigenvalue weighted by atomic mass is 9.86. The monoisotopic (exact) mass is 817 g/mol. The second-order valence-corrected chi connectivity index (χ2v) is 16.3. The third-order valence-corrected chi connectivity index (χ3v) is 12.5. The van der Waals surface area contributed by atoms with Gasteiger partial charge in [0, 0.05) is 43.8 Å². The second kappa shape index (κ2) is 14.5. The zero-order chi connectivity index (χ0) is 42.1. The molecule has 0 radical (unpaired) electrons. The average Bonchev–Trinajstić information content (AvgIpc) is 3.96. The maximum absolute atomic E-state index is 6.56. The van der Waals surface area contributed by atoms with E-state index in [0.29, 0.717) is 17.5 Å². The van der Waals surface area contributed by atoms with Crippen molar-refractivity contribution in [2.45, 2.75) is 0 Å². The molecule has 0 saturated carbocycles. The zero-order valence-corrected chi connectivity index (χ0v) is 34.4. The fraction of sp³-hybridized carbons (Fsp3) is 0. The van der Waals surface area contributed by atoms with E-state index in [2.05, 4.69) is 182 Å². The molecule has 0 unspecified atom stereocenters. The molecule has 0 N–H and O–H groups in total. The normalized spacial score (nSPS) is 11.8. The van der Waals surface area contributed by atoms with Crippen LogP contribution in [0.5, 0.6) is 0 Å². The van der Waals surface area contributed by atoms with Gasteiger partial charge in [-0.15, -0.1) is 0 Å². The highest BCUT2D eigenvalue weighted by molar-refractivity contribution is 6.23. The van der Waals surface area contributed by atoms with E-state index in [1.807, 2.05) is 30.3 Å². The second-order valence-electron chi connectivity index (χ2n) is 16.3. The Balaban J connectivity index is 1.13. The molecule has 0 atom stereocenters. The van der Waals surface area contributed by atoms with Gasteiger partial charge in [-0.25, -0.2) is 15.0 Å². The predicted octanol–water partition coefficient (Wildman–Crippen LogP) is 16.0. The van der Waals surface area contributed by atoms with Crippen molar-refractivity contribution in [2.75, 3.05) is 0 Å². The van der Waals surface area contributed by atoms with Crippen LogP contribution in [0.2, 0.25) is 0 Å². The van der Waals surface area contributed by atoms with E-state index in [-0.39, 0.29) is 0 Å². The molecule has 0 aliphatic carbocycles. The summed E-state index contributed by atoms with van der Waals surface area (Å²) in [4.78, 5) is 16.2. The van der Waals surface area contributed by atoms with Gasteiger partial charge in [-0.2, -0.15) is 0 Å². The Bertz CT molecular complexity index is 3950. The van der Waals surface area contributed by atoms with Crippen LogP contribution in [-0.4, -0.2) is 15.0 Å².